The maximum atomic E-state index is 5.64. The molecule has 0 saturated heterocycles. The Balaban J connectivity index is 2.26. The van der Waals surface area contributed by atoms with Gasteiger partial charge in [0.2, 0.25) is 0 Å². The average Bonchev–Trinajstić information content (AvgIpc) is 2.25. The van der Waals surface area contributed by atoms with Crippen LogP contribution in [0.3, 0.4) is 0 Å². The fourth-order valence-electron chi connectivity index (χ4n) is 1.68. The van der Waals surface area contributed by atoms with Crippen LogP contribution in [0.2, 0.25) is 19.6 Å². The predicted molar refractivity (Wildman–Crippen MR) is 70.5 cm³/mol. The van der Waals surface area contributed by atoms with E-state index in [1.807, 2.05) is 0 Å². The monoisotopic (exact) mass is 230 g/mol. The molecule has 0 radical (unpaired) electrons. The first-order chi connectivity index (χ1) is 7.54. The smallest absolute Gasteiger partial charge is 0.129 e. The summed E-state index contributed by atoms with van der Waals surface area (Å²) >= 11 is 0. The third-order valence-electron chi connectivity index (χ3n) is 2.50. The average molecular weight is 230 g/mol. The van der Waals surface area contributed by atoms with Crippen molar-refractivity contribution in [2.24, 2.45) is 0 Å². The molecule has 1 aromatic carbocycles. The summed E-state index contributed by atoms with van der Waals surface area (Å²) in [6.45, 7) is 7.62. The molecule has 0 amide bonds. The van der Waals surface area contributed by atoms with Crippen molar-refractivity contribution in [3.63, 3.8) is 0 Å². The van der Waals surface area contributed by atoms with Crippen molar-refractivity contribution in [1.82, 2.24) is 0 Å². The molecular formula is C14H18OSi. The lowest BCUT2D eigenvalue weighted by Crippen LogP contribution is -2.16. The topological polar surface area (TPSA) is 9.23 Å². The minimum Gasteiger partial charge on any atom is -0.493 e. The Morgan fingerprint density at radius 2 is 2.06 bits per heavy atom. The van der Waals surface area contributed by atoms with Crippen LogP contribution >= 0.6 is 0 Å². The molecule has 1 heterocycles. The summed E-state index contributed by atoms with van der Waals surface area (Å²) in [7, 11) is -1.28. The first-order valence-electron chi connectivity index (χ1n) is 5.83. The summed E-state index contributed by atoms with van der Waals surface area (Å²) < 4.78 is 5.64. The standard InChI is InChI=1S/C14H18OSi/c1-16(2,3)10-8-12-6-7-13-5-4-9-15-14(13)11-12/h6-7,11H,4-5,9H2,1-3H3. The Morgan fingerprint density at radius 3 is 2.81 bits per heavy atom. The lowest BCUT2D eigenvalue weighted by molar-refractivity contribution is 0.288. The van der Waals surface area contributed by atoms with E-state index in [1.54, 1.807) is 0 Å². The molecular weight excluding hydrogens is 212 g/mol. The first kappa shape index (κ1) is 11.3. The number of benzene rings is 1. The number of ether oxygens (including phenoxy) is 1. The van der Waals surface area contributed by atoms with Gasteiger partial charge < -0.3 is 4.74 Å². The van der Waals surface area contributed by atoms with Crippen LogP contribution in [0.15, 0.2) is 18.2 Å². The largest absolute Gasteiger partial charge is 0.493 e. The van der Waals surface area contributed by atoms with E-state index in [2.05, 4.69) is 49.3 Å². The van der Waals surface area contributed by atoms with Crippen molar-refractivity contribution in [2.75, 3.05) is 6.61 Å². The lowest BCUT2D eigenvalue weighted by atomic mass is 10.0. The minimum atomic E-state index is -1.28. The van der Waals surface area contributed by atoms with E-state index in [9.17, 15) is 0 Å². The zero-order valence-electron chi connectivity index (χ0n) is 10.3. The van der Waals surface area contributed by atoms with E-state index >= 15 is 0 Å². The summed E-state index contributed by atoms with van der Waals surface area (Å²) in [5, 5.41) is 0. The molecule has 2 heteroatoms. The van der Waals surface area contributed by atoms with Crippen LogP contribution in [0.1, 0.15) is 17.5 Å². The van der Waals surface area contributed by atoms with Crippen LogP contribution in [0.5, 0.6) is 5.75 Å². The van der Waals surface area contributed by atoms with Gasteiger partial charge in [0.05, 0.1) is 6.61 Å². The predicted octanol–water partition coefficient (Wildman–Crippen LogP) is 3.24. The van der Waals surface area contributed by atoms with Crippen LogP contribution in [0, 0.1) is 11.5 Å². The first-order valence-corrected chi connectivity index (χ1v) is 9.33. The Bertz CT molecular complexity index is 446. The Kier molecular flexibility index (Phi) is 3.07. The normalized spacial score (nSPS) is 14.4. The van der Waals surface area contributed by atoms with Gasteiger partial charge in [-0.1, -0.05) is 31.6 Å². The number of rotatable bonds is 0. The maximum Gasteiger partial charge on any atom is 0.129 e. The van der Waals surface area contributed by atoms with Crippen LogP contribution in [0.25, 0.3) is 0 Å². The van der Waals surface area contributed by atoms with E-state index in [0.717, 1.165) is 30.8 Å². The molecule has 0 fully saturated rings. The number of aryl methyl sites for hydroxylation is 1. The van der Waals surface area contributed by atoms with E-state index in [0.29, 0.717) is 0 Å². The molecule has 1 aliphatic rings. The van der Waals surface area contributed by atoms with E-state index in [-0.39, 0.29) is 0 Å². The molecule has 0 spiro atoms. The lowest BCUT2D eigenvalue weighted by Gasteiger charge is -2.16. The highest BCUT2D eigenvalue weighted by atomic mass is 28.3. The van der Waals surface area contributed by atoms with Crippen molar-refractivity contribution >= 4 is 8.07 Å². The number of fused-ring (bicyclic) bond motifs is 1. The van der Waals surface area contributed by atoms with Crippen molar-refractivity contribution in [3.05, 3.63) is 29.3 Å². The van der Waals surface area contributed by atoms with Crippen LogP contribution < -0.4 is 4.74 Å². The fourth-order valence-corrected chi connectivity index (χ4v) is 2.20. The highest BCUT2D eigenvalue weighted by Crippen LogP contribution is 2.25. The molecule has 0 atom stereocenters. The summed E-state index contributed by atoms with van der Waals surface area (Å²) in [6.07, 6.45) is 2.27. The quantitative estimate of drug-likeness (QED) is 0.491. The Hall–Kier alpha value is -1.20. The van der Waals surface area contributed by atoms with Gasteiger partial charge >= 0.3 is 0 Å². The molecule has 0 aromatic heterocycles. The summed E-state index contributed by atoms with van der Waals surface area (Å²) in [4.78, 5) is 0. The second-order valence-corrected chi connectivity index (χ2v) is 10.0. The van der Waals surface area contributed by atoms with Gasteiger partial charge in [-0.15, -0.1) is 5.54 Å². The summed E-state index contributed by atoms with van der Waals surface area (Å²) in [6, 6.07) is 6.35. The zero-order chi connectivity index (χ0) is 11.6. The second kappa shape index (κ2) is 4.35. The SMILES string of the molecule is C[Si](C)(C)C#Cc1ccc2c(c1)OCCC2. The number of hydrogen-bond donors (Lipinski definition) is 0. The highest BCUT2D eigenvalue weighted by Gasteiger charge is 2.10. The van der Waals surface area contributed by atoms with Gasteiger partial charge in [-0.25, -0.2) is 0 Å². The molecule has 0 N–H and O–H groups in total. The van der Waals surface area contributed by atoms with Gasteiger partial charge in [-0.05, 0) is 30.5 Å². The van der Waals surface area contributed by atoms with Gasteiger partial charge in [0, 0.05) is 5.56 Å². The molecule has 0 unspecified atom stereocenters. The molecule has 2 rings (SSSR count). The zero-order valence-corrected chi connectivity index (χ0v) is 11.3. The Morgan fingerprint density at radius 1 is 1.25 bits per heavy atom. The van der Waals surface area contributed by atoms with Crippen molar-refractivity contribution in [3.8, 4) is 17.2 Å². The van der Waals surface area contributed by atoms with Gasteiger partial charge in [0.1, 0.15) is 13.8 Å². The van der Waals surface area contributed by atoms with E-state index in [4.69, 9.17) is 4.74 Å². The van der Waals surface area contributed by atoms with Crippen molar-refractivity contribution < 1.29 is 4.74 Å². The molecule has 1 aliphatic heterocycles. The molecule has 1 aromatic rings. The van der Waals surface area contributed by atoms with Gasteiger partial charge in [-0.2, -0.15) is 0 Å². The molecule has 1 nitrogen and oxygen atoms in total. The maximum absolute atomic E-state index is 5.64. The van der Waals surface area contributed by atoms with E-state index < -0.39 is 8.07 Å². The third-order valence-corrected chi connectivity index (χ3v) is 3.37. The van der Waals surface area contributed by atoms with Crippen LogP contribution in [0.4, 0.5) is 0 Å². The molecule has 84 valence electrons. The van der Waals surface area contributed by atoms with Gasteiger partial charge in [0.25, 0.3) is 0 Å². The van der Waals surface area contributed by atoms with Crippen LogP contribution in [-0.2, 0) is 6.42 Å². The highest BCUT2D eigenvalue weighted by molar-refractivity contribution is 6.83. The van der Waals surface area contributed by atoms with Crippen molar-refractivity contribution in [2.45, 2.75) is 32.5 Å². The summed E-state index contributed by atoms with van der Waals surface area (Å²) in [5.74, 6) is 4.30. The van der Waals surface area contributed by atoms with E-state index in [1.165, 1.54) is 5.56 Å². The molecule has 0 saturated carbocycles. The number of hydrogen-bond acceptors (Lipinski definition) is 1. The van der Waals surface area contributed by atoms with Crippen LogP contribution in [-0.4, -0.2) is 14.7 Å². The Labute approximate surface area is 98.8 Å². The molecule has 0 bridgehead atoms. The summed E-state index contributed by atoms with van der Waals surface area (Å²) in [5.41, 5.74) is 5.79. The van der Waals surface area contributed by atoms with Gasteiger partial charge in [-0.3, -0.25) is 0 Å². The molecule has 16 heavy (non-hydrogen) atoms. The minimum absolute atomic E-state index is 0.845. The fraction of sp³-hybridized carbons (Fsp3) is 0.429. The third kappa shape index (κ3) is 2.90. The second-order valence-electron chi connectivity index (χ2n) is 5.27. The molecule has 0 aliphatic carbocycles. The van der Waals surface area contributed by atoms with Gasteiger partial charge in [0.15, 0.2) is 0 Å². The van der Waals surface area contributed by atoms with Crippen molar-refractivity contribution in [1.29, 1.82) is 0 Å².